The number of halogens is 3. The number of aromatic nitrogens is 2. The first kappa shape index (κ1) is 24.0. The standard InChI is InChI=1S/C25H23F3N4O4/c1-12(13-3-2-4-13)29-25(36)17-11-32(22-18(27)7-14(26)8-19(22)28)24-16(23(17)35)5-6-20(30-24)31-10-15(33)9-21(31)34/h5-8,11-13,15,33H,2-4,9-10H2,1H3,(H,29,36)/t12?,15-/m0/s1. The van der Waals surface area contributed by atoms with Crippen LogP contribution in [-0.2, 0) is 4.79 Å². The van der Waals surface area contributed by atoms with Crippen molar-refractivity contribution < 1.29 is 27.9 Å². The van der Waals surface area contributed by atoms with Gasteiger partial charge in [0.05, 0.1) is 24.5 Å². The molecule has 1 saturated heterocycles. The van der Waals surface area contributed by atoms with Crippen molar-refractivity contribution in [2.24, 2.45) is 5.92 Å². The summed E-state index contributed by atoms with van der Waals surface area (Å²) in [5.41, 5.74) is -2.05. The summed E-state index contributed by atoms with van der Waals surface area (Å²) in [6, 6.07) is 3.41. The van der Waals surface area contributed by atoms with Crippen molar-refractivity contribution >= 4 is 28.7 Å². The Bertz CT molecular complexity index is 1430. The molecule has 1 aliphatic heterocycles. The minimum absolute atomic E-state index is 0.0413. The smallest absolute Gasteiger partial charge is 0.257 e. The zero-order valence-electron chi connectivity index (χ0n) is 19.3. The largest absolute Gasteiger partial charge is 0.391 e. The monoisotopic (exact) mass is 500 g/mol. The Morgan fingerprint density at radius 2 is 1.86 bits per heavy atom. The Morgan fingerprint density at radius 3 is 2.44 bits per heavy atom. The average Bonchev–Trinajstić information content (AvgIpc) is 3.10. The molecule has 2 atom stereocenters. The van der Waals surface area contributed by atoms with E-state index in [2.05, 4.69) is 10.3 Å². The van der Waals surface area contributed by atoms with Crippen molar-refractivity contribution in [3.63, 3.8) is 0 Å². The molecule has 2 aliphatic rings. The highest BCUT2D eigenvalue weighted by molar-refractivity contribution is 5.99. The van der Waals surface area contributed by atoms with E-state index in [1.807, 2.05) is 6.92 Å². The fraction of sp³-hybridized carbons (Fsp3) is 0.360. The second kappa shape index (κ2) is 9.05. The van der Waals surface area contributed by atoms with E-state index in [0.29, 0.717) is 12.1 Å². The molecule has 1 aromatic carbocycles. The van der Waals surface area contributed by atoms with Crippen molar-refractivity contribution in [1.82, 2.24) is 14.9 Å². The number of carbonyl (C=O) groups is 2. The number of β-amino-alcohol motifs (C(OH)–C–C–N with tert-alkyl or cyclic N) is 1. The molecule has 1 unspecified atom stereocenters. The van der Waals surface area contributed by atoms with Crippen molar-refractivity contribution in [2.45, 2.75) is 44.8 Å². The van der Waals surface area contributed by atoms with Crippen LogP contribution in [0.3, 0.4) is 0 Å². The number of aliphatic hydroxyl groups is 1. The molecule has 2 fully saturated rings. The van der Waals surface area contributed by atoms with E-state index in [9.17, 15) is 32.7 Å². The summed E-state index contributed by atoms with van der Waals surface area (Å²) in [6.07, 6.45) is 2.91. The molecule has 3 aromatic rings. The van der Waals surface area contributed by atoms with Gasteiger partial charge < -0.3 is 10.4 Å². The summed E-state index contributed by atoms with van der Waals surface area (Å²) < 4.78 is 44.2. The summed E-state index contributed by atoms with van der Waals surface area (Å²) in [5.74, 6) is -4.48. The summed E-state index contributed by atoms with van der Waals surface area (Å²) in [6.45, 7) is 1.79. The third-order valence-corrected chi connectivity index (χ3v) is 6.90. The van der Waals surface area contributed by atoms with Crippen molar-refractivity contribution in [3.05, 3.63) is 63.7 Å². The number of amides is 2. The lowest BCUT2D eigenvalue weighted by atomic mass is 9.80. The van der Waals surface area contributed by atoms with Gasteiger partial charge in [-0.05, 0) is 37.8 Å². The average molecular weight is 500 g/mol. The first-order valence-corrected chi connectivity index (χ1v) is 11.6. The van der Waals surface area contributed by atoms with Gasteiger partial charge in [-0.1, -0.05) is 6.42 Å². The number of nitrogens with one attached hydrogen (secondary N) is 1. The van der Waals surface area contributed by atoms with Gasteiger partial charge in [-0.3, -0.25) is 23.9 Å². The minimum atomic E-state index is -1.27. The predicted octanol–water partition coefficient (Wildman–Crippen LogP) is 2.82. The molecular formula is C25H23F3N4O4. The molecule has 2 N–H and O–H groups in total. The van der Waals surface area contributed by atoms with Gasteiger partial charge in [0.15, 0.2) is 17.3 Å². The van der Waals surface area contributed by atoms with Crippen molar-refractivity contribution in [1.29, 1.82) is 0 Å². The molecule has 1 aliphatic carbocycles. The fourth-order valence-electron chi connectivity index (χ4n) is 4.69. The van der Waals surface area contributed by atoms with Crippen LogP contribution in [0.4, 0.5) is 19.0 Å². The van der Waals surface area contributed by atoms with E-state index in [0.717, 1.165) is 30.0 Å². The molecule has 5 rings (SSSR count). The van der Waals surface area contributed by atoms with Crippen LogP contribution in [0, 0.1) is 23.4 Å². The van der Waals surface area contributed by atoms with Crippen LogP contribution in [0.5, 0.6) is 0 Å². The van der Waals surface area contributed by atoms with Crippen LogP contribution in [0.15, 0.2) is 35.3 Å². The number of anilines is 1. The Labute approximate surface area is 203 Å². The van der Waals surface area contributed by atoms with Gasteiger partial charge in [0.2, 0.25) is 11.3 Å². The molecule has 188 valence electrons. The third-order valence-electron chi connectivity index (χ3n) is 6.90. The van der Waals surface area contributed by atoms with E-state index < -0.39 is 46.5 Å². The molecule has 36 heavy (non-hydrogen) atoms. The van der Waals surface area contributed by atoms with E-state index >= 15 is 0 Å². The Kier molecular flexibility index (Phi) is 6.03. The molecule has 0 bridgehead atoms. The predicted molar refractivity (Wildman–Crippen MR) is 124 cm³/mol. The number of benzene rings is 1. The van der Waals surface area contributed by atoms with Crippen LogP contribution < -0.4 is 15.6 Å². The lowest BCUT2D eigenvalue weighted by Crippen LogP contribution is -2.42. The maximum atomic E-state index is 14.8. The van der Waals surface area contributed by atoms with Crippen LogP contribution in [0.1, 0.15) is 43.0 Å². The topological polar surface area (TPSA) is 105 Å². The molecule has 0 radical (unpaired) electrons. The number of nitrogens with zero attached hydrogens (tertiary/aromatic N) is 3. The SMILES string of the molecule is CC(NC(=O)c1cn(-c2c(F)cc(F)cc2F)c2nc(N3C[C@@H](O)CC3=O)ccc2c1=O)C1CCC1. The number of rotatable bonds is 5. The second-order valence-electron chi connectivity index (χ2n) is 9.32. The Hall–Kier alpha value is -3.73. The van der Waals surface area contributed by atoms with Gasteiger partial charge in [-0.25, -0.2) is 18.2 Å². The number of hydrogen-bond donors (Lipinski definition) is 2. The van der Waals surface area contributed by atoms with E-state index in [1.54, 1.807) is 0 Å². The lowest BCUT2D eigenvalue weighted by Gasteiger charge is -2.31. The first-order chi connectivity index (χ1) is 17.1. The van der Waals surface area contributed by atoms with Crippen LogP contribution in [0.25, 0.3) is 16.7 Å². The van der Waals surface area contributed by atoms with Crippen LogP contribution >= 0.6 is 0 Å². The van der Waals surface area contributed by atoms with Crippen LogP contribution in [0.2, 0.25) is 0 Å². The Morgan fingerprint density at radius 1 is 1.17 bits per heavy atom. The lowest BCUT2D eigenvalue weighted by molar-refractivity contribution is -0.117. The highest BCUT2D eigenvalue weighted by atomic mass is 19.1. The summed E-state index contributed by atoms with van der Waals surface area (Å²) in [7, 11) is 0. The maximum Gasteiger partial charge on any atom is 0.257 e. The van der Waals surface area contributed by atoms with E-state index in [1.165, 1.54) is 17.0 Å². The van der Waals surface area contributed by atoms with Crippen molar-refractivity contribution in [3.8, 4) is 5.69 Å². The molecule has 11 heteroatoms. The van der Waals surface area contributed by atoms with Gasteiger partial charge in [0.25, 0.3) is 5.91 Å². The van der Waals surface area contributed by atoms with Crippen molar-refractivity contribution in [2.75, 3.05) is 11.4 Å². The molecule has 3 heterocycles. The third kappa shape index (κ3) is 4.13. The number of hydrogen-bond acceptors (Lipinski definition) is 5. The minimum Gasteiger partial charge on any atom is -0.391 e. The molecular weight excluding hydrogens is 477 g/mol. The zero-order valence-corrected chi connectivity index (χ0v) is 19.3. The molecule has 8 nitrogen and oxygen atoms in total. The van der Waals surface area contributed by atoms with Gasteiger partial charge >= 0.3 is 0 Å². The first-order valence-electron chi connectivity index (χ1n) is 11.6. The number of carbonyl (C=O) groups excluding carboxylic acids is 2. The van der Waals surface area contributed by atoms with Gasteiger partial charge in [-0.2, -0.15) is 0 Å². The summed E-state index contributed by atoms with van der Waals surface area (Å²) in [5, 5.41) is 12.5. The second-order valence-corrected chi connectivity index (χ2v) is 9.32. The number of fused-ring (bicyclic) bond motifs is 1. The quantitative estimate of drug-likeness (QED) is 0.561. The van der Waals surface area contributed by atoms with E-state index in [4.69, 9.17) is 0 Å². The summed E-state index contributed by atoms with van der Waals surface area (Å²) in [4.78, 5) is 44.1. The molecule has 0 spiro atoms. The van der Waals surface area contributed by atoms with Crippen LogP contribution in [-0.4, -0.2) is 45.2 Å². The summed E-state index contributed by atoms with van der Waals surface area (Å²) >= 11 is 0. The zero-order chi connectivity index (χ0) is 25.7. The number of aliphatic hydroxyl groups excluding tert-OH is 1. The Balaban J connectivity index is 1.69. The van der Waals surface area contributed by atoms with Gasteiger partial charge in [0, 0.05) is 24.4 Å². The van der Waals surface area contributed by atoms with Gasteiger partial charge in [0.1, 0.15) is 22.9 Å². The normalized spacial score (nSPS) is 19.0. The highest BCUT2D eigenvalue weighted by Gasteiger charge is 2.31. The highest BCUT2D eigenvalue weighted by Crippen LogP contribution is 2.30. The number of pyridine rings is 2. The molecule has 2 amide bonds. The maximum absolute atomic E-state index is 14.8. The van der Waals surface area contributed by atoms with E-state index in [-0.39, 0.29) is 47.3 Å². The fourth-order valence-corrected chi connectivity index (χ4v) is 4.69. The van der Waals surface area contributed by atoms with Gasteiger partial charge in [-0.15, -0.1) is 0 Å². The molecule has 1 saturated carbocycles. The molecule has 2 aromatic heterocycles.